The van der Waals surface area contributed by atoms with E-state index in [1.165, 1.54) is 6.08 Å². The van der Waals surface area contributed by atoms with E-state index in [0.717, 1.165) is 6.08 Å². The lowest BCUT2D eigenvalue weighted by atomic mass is 10.3. The van der Waals surface area contributed by atoms with Gasteiger partial charge in [-0.05, 0) is 0 Å². The van der Waals surface area contributed by atoms with Crippen LogP contribution < -0.4 is 0 Å². The van der Waals surface area contributed by atoms with Gasteiger partial charge in [0.25, 0.3) is 0 Å². The number of carboxylic acid groups (broad SMARTS) is 1. The van der Waals surface area contributed by atoms with Crippen LogP contribution in [0.3, 0.4) is 0 Å². The van der Waals surface area contributed by atoms with Gasteiger partial charge in [0.05, 0.1) is 0 Å². The highest BCUT2D eigenvalue weighted by molar-refractivity contribution is 5.80. The Kier molecular flexibility index (Phi) is 10.1. The first-order chi connectivity index (χ1) is 8.27. The van der Waals surface area contributed by atoms with E-state index in [9.17, 15) is 4.79 Å². The molecule has 0 heterocycles. The Morgan fingerprint density at radius 1 is 0.706 bits per heavy atom. The zero-order valence-electron chi connectivity index (χ0n) is 9.57. The third kappa shape index (κ3) is 13.7. The van der Waals surface area contributed by atoms with Crippen LogP contribution in [0.1, 0.15) is 0 Å². The average Bonchev–Trinajstić information content (AvgIpc) is 2.30. The van der Waals surface area contributed by atoms with Crippen LogP contribution in [-0.4, -0.2) is 11.1 Å². The molecule has 0 rings (SSSR count). The van der Waals surface area contributed by atoms with Crippen molar-refractivity contribution in [2.45, 2.75) is 0 Å². The van der Waals surface area contributed by atoms with Gasteiger partial charge < -0.3 is 5.11 Å². The number of carboxylic acids is 1. The standard InChI is InChI=1S/C15H16O2/c1-2-3-4-5-6-7-8-9-10-11-12-13-14-15(16)17/h2-14H,1H2,(H,16,17)/b4-3+,6-5+,8-7+,10-9+,12-11+,14-13+. The molecule has 0 aromatic carbocycles. The molecule has 88 valence electrons. The first-order valence-corrected chi connectivity index (χ1v) is 5.12. The molecule has 0 bridgehead atoms. The summed E-state index contributed by atoms with van der Waals surface area (Å²) >= 11 is 0. The molecule has 0 unspecified atom stereocenters. The average molecular weight is 228 g/mol. The van der Waals surface area contributed by atoms with E-state index in [0.29, 0.717) is 0 Å². The summed E-state index contributed by atoms with van der Waals surface area (Å²) in [4.78, 5) is 10.1. The Labute approximate surface area is 102 Å². The van der Waals surface area contributed by atoms with Gasteiger partial charge in [-0.3, -0.25) is 0 Å². The lowest BCUT2D eigenvalue weighted by Crippen LogP contribution is -1.84. The molecular weight excluding hydrogens is 212 g/mol. The molecule has 0 saturated carbocycles. The van der Waals surface area contributed by atoms with Crippen LogP contribution in [0.2, 0.25) is 0 Å². The van der Waals surface area contributed by atoms with Gasteiger partial charge in [-0.25, -0.2) is 4.79 Å². The number of allylic oxidation sites excluding steroid dienone is 12. The second-order valence-corrected chi connectivity index (χ2v) is 2.86. The van der Waals surface area contributed by atoms with E-state index >= 15 is 0 Å². The van der Waals surface area contributed by atoms with Gasteiger partial charge in [0.1, 0.15) is 0 Å². The summed E-state index contributed by atoms with van der Waals surface area (Å²) < 4.78 is 0. The van der Waals surface area contributed by atoms with Crippen molar-refractivity contribution in [3.8, 4) is 0 Å². The number of hydrogen-bond acceptors (Lipinski definition) is 1. The van der Waals surface area contributed by atoms with Crippen LogP contribution >= 0.6 is 0 Å². The van der Waals surface area contributed by atoms with Gasteiger partial charge in [0.15, 0.2) is 0 Å². The van der Waals surface area contributed by atoms with Crippen molar-refractivity contribution in [1.82, 2.24) is 0 Å². The van der Waals surface area contributed by atoms with E-state index in [4.69, 9.17) is 5.11 Å². The highest BCUT2D eigenvalue weighted by Gasteiger charge is 1.78. The van der Waals surface area contributed by atoms with E-state index < -0.39 is 5.97 Å². The monoisotopic (exact) mass is 228 g/mol. The number of carbonyl (C=O) groups is 1. The van der Waals surface area contributed by atoms with Crippen molar-refractivity contribution in [1.29, 1.82) is 0 Å². The van der Waals surface area contributed by atoms with E-state index in [2.05, 4.69) is 6.58 Å². The highest BCUT2D eigenvalue weighted by Crippen LogP contribution is 1.84. The molecule has 2 heteroatoms. The lowest BCUT2D eigenvalue weighted by molar-refractivity contribution is -0.131. The Morgan fingerprint density at radius 3 is 1.41 bits per heavy atom. The smallest absolute Gasteiger partial charge is 0.328 e. The van der Waals surface area contributed by atoms with Crippen LogP contribution in [0, 0.1) is 0 Å². The molecule has 0 amide bonds. The molecule has 0 radical (unpaired) electrons. The molecule has 2 nitrogen and oxygen atoms in total. The van der Waals surface area contributed by atoms with Crippen molar-refractivity contribution in [3.63, 3.8) is 0 Å². The largest absolute Gasteiger partial charge is 0.478 e. The molecule has 0 fully saturated rings. The summed E-state index contributed by atoms with van der Waals surface area (Å²) in [5.41, 5.74) is 0. The van der Waals surface area contributed by atoms with Gasteiger partial charge in [-0.1, -0.05) is 79.5 Å². The first kappa shape index (κ1) is 14.6. The first-order valence-electron chi connectivity index (χ1n) is 5.12. The molecule has 0 aromatic heterocycles. The molecule has 0 saturated heterocycles. The fourth-order valence-electron chi connectivity index (χ4n) is 0.794. The van der Waals surface area contributed by atoms with Crippen LogP contribution in [-0.2, 0) is 4.79 Å². The van der Waals surface area contributed by atoms with Crippen molar-refractivity contribution >= 4 is 5.97 Å². The van der Waals surface area contributed by atoms with Crippen LogP contribution in [0.4, 0.5) is 0 Å². The zero-order valence-corrected chi connectivity index (χ0v) is 9.57. The third-order valence-electron chi connectivity index (χ3n) is 1.49. The Hall–Kier alpha value is -2.35. The number of rotatable bonds is 7. The summed E-state index contributed by atoms with van der Waals surface area (Å²) in [7, 11) is 0. The predicted octanol–water partition coefficient (Wildman–Crippen LogP) is 3.59. The summed E-state index contributed by atoms with van der Waals surface area (Å²) in [6, 6.07) is 0. The minimum absolute atomic E-state index is 0.948. The van der Waals surface area contributed by atoms with Crippen LogP contribution in [0.25, 0.3) is 0 Å². The lowest BCUT2D eigenvalue weighted by Gasteiger charge is -1.75. The molecule has 17 heavy (non-hydrogen) atoms. The topological polar surface area (TPSA) is 37.3 Å². The molecule has 0 aromatic rings. The third-order valence-corrected chi connectivity index (χ3v) is 1.49. The van der Waals surface area contributed by atoms with Crippen LogP contribution in [0.15, 0.2) is 85.6 Å². The van der Waals surface area contributed by atoms with E-state index in [1.807, 2.05) is 48.6 Å². The second-order valence-electron chi connectivity index (χ2n) is 2.86. The number of hydrogen-bond donors (Lipinski definition) is 1. The minimum Gasteiger partial charge on any atom is -0.478 e. The molecule has 0 aliphatic carbocycles. The van der Waals surface area contributed by atoms with Crippen molar-refractivity contribution < 1.29 is 9.90 Å². The van der Waals surface area contributed by atoms with Gasteiger partial charge in [-0.2, -0.15) is 0 Å². The highest BCUT2D eigenvalue weighted by atomic mass is 16.4. The van der Waals surface area contributed by atoms with Gasteiger partial charge in [-0.15, -0.1) is 0 Å². The summed E-state index contributed by atoms with van der Waals surface area (Å²) in [6.07, 6.45) is 22.6. The Bertz CT molecular complexity index is 391. The molecule has 0 aliphatic heterocycles. The number of aliphatic carboxylic acids is 1. The summed E-state index contributed by atoms with van der Waals surface area (Å²) in [6.45, 7) is 3.55. The fraction of sp³-hybridized carbons (Fsp3) is 0. The maximum Gasteiger partial charge on any atom is 0.328 e. The zero-order chi connectivity index (χ0) is 12.8. The van der Waals surface area contributed by atoms with E-state index in [1.54, 1.807) is 18.2 Å². The predicted molar refractivity (Wildman–Crippen MR) is 72.7 cm³/mol. The summed E-state index contributed by atoms with van der Waals surface area (Å²) in [5.74, 6) is -0.948. The normalized spacial score (nSPS) is 13.2. The fourth-order valence-corrected chi connectivity index (χ4v) is 0.794. The van der Waals surface area contributed by atoms with E-state index in [-0.39, 0.29) is 0 Å². The molecule has 0 aliphatic rings. The second kappa shape index (κ2) is 11.7. The summed E-state index contributed by atoms with van der Waals surface area (Å²) in [5, 5.41) is 8.31. The Morgan fingerprint density at radius 2 is 1.06 bits per heavy atom. The molecule has 1 N–H and O–H groups in total. The maximum atomic E-state index is 10.1. The maximum absolute atomic E-state index is 10.1. The Balaban J connectivity index is 3.84. The van der Waals surface area contributed by atoms with Gasteiger partial charge in [0, 0.05) is 6.08 Å². The molecular formula is C15H16O2. The SMILES string of the molecule is C=C/C=C/C=C/C=C/C=C/C=C/C=C/C(=O)O. The molecule has 0 spiro atoms. The van der Waals surface area contributed by atoms with Crippen LogP contribution in [0.5, 0.6) is 0 Å². The quantitative estimate of drug-likeness (QED) is 0.534. The van der Waals surface area contributed by atoms with Gasteiger partial charge >= 0.3 is 5.97 Å². The minimum atomic E-state index is -0.948. The molecule has 0 atom stereocenters. The van der Waals surface area contributed by atoms with Crippen molar-refractivity contribution in [2.75, 3.05) is 0 Å². The van der Waals surface area contributed by atoms with Gasteiger partial charge in [0.2, 0.25) is 0 Å². The van der Waals surface area contributed by atoms with Crippen molar-refractivity contribution in [3.05, 3.63) is 85.6 Å². The van der Waals surface area contributed by atoms with Crippen molar-refractivity contribution in [2.24, 2.45) is 0 Å².